The highest BCUT2D eigenvalue weighted by molar-refractivity contribution is 5.19. The SMILES string of the molecule is CCCCCCCC[C@H]1CC[C@H](CCC2CC=C(CCc3ccc(F)c(F)c3)CC2)CC1. The molecule has 0 spiro atoms. The van der Waals surface area contributed by atoms with E-state index in [9.17, 15) is 8.78 Å². The van der Waals surface area contributed by atoms with Crippen LogP contribution in [0.15, 0.2) is 29.8 Å². The Morgan fingerprint density at radius 1 is 0.719 bits per heavy atom. The van der Waals surface area contributed by atoms with Crippen molar-refractivity contribution in [2.45, 2.75) is 122 Å². The van der Waals surface area contributed by atoms with Crippen LogP contribution in [0.1, 0.15) is 122 Å². The molecule has 3 rings (SSSR count). The predicted octanol–water partition coefficient (Wildman–Crippen LogP) is 9.96. The Balaban J connectivity index is 1.24. The summed E-state index contributed by atoms with van der Waals surface area (Å²) in [5.74, 6) is 1.39. The Kier molecular flexibility index (Phi) is 11.3. The van der Waals surface area contributed by atoms with Gasteiger partial charge in [-0.05, 0) is 74.0 Å². The number of hydrogen-bond acceptors (Lipinski definition) is 0. The van der Waals surface area contributed by atoms with E-state index in [1.807, 2.05) is 0 Å². The fourth-order valence-corrected chi connectivity index (χ4v) is 5.93. The van der Waals surface area contributed by atoms with Gasteiger partial charge in [0.2, 0.25) is 0 Å². The van der Waals surface area contributed by atoms with E-state index in [-0.39, 0.29) is 0 Å². The summed E-state index contributed by atoms with van der Waals surface area (Å²) < 4.78 is 26.4. The Morgan fingerprint density at radius 3 is 2.09 bits per heavy atom. The normalized spacial score (nSPS) is 23.8. The molecule has 0 N–H and O–H groups in total. The molecular formula is C30H46F2. The highest BCUT2D eigenvalue weighted by Gasteiger charge is 2.22. The molecule has 0 aliphatic heterocycles. The van der Waals surface area contributed by atoms with Gasteiger partial charge in [-0.1, -0.05) is 102 Å². The molecule has 32 heavy (non-hydrogen) atoms. The first-order valence-electron chi connectivity index (χ1n) is 13.8. The second kappa shape index (κ2) is 14.2. The summed E-state index contributed by atoms with van der Waals surface area (Å²) in [4.78, 5) is 0. The maximum atomic E-state index is 13.4. The van der Waals surface area contributed by atoms with E-state index in [1.165, 1.54) is 120 Å². The van der Waals surface area contributed by atoms with Crippen LogP contribution in [0.4, 0.5) is 8.78 Å². The lowest BCUT2D eigenvalue weighted by molar-refractivity contribution is 0.234. The average Bonchev–Trinajstić information content (AvgIpc) is 2.82. The lowest BCUT2D eigenvalue weighted by atomic mass is 9.76. The van der Waals surface area contributed by atoms with Crippen molar-refractivity contribution in [1.29, 1.82) is 0 Å². The van der Waals surface area contributed by atoms with E-state index in [2.05, 4.69) is 13.0 Å². The lowest BCUT2D eigenvalue weighted by Gasteiger charge is -2.30. The molecule has 0 aromatic heterocycles. The highest BCUT2D eigenvalue weighted by atomic mass is 19.2. The smallest absolute Gasteiger partial charge is 0.159 e. The zero-order valence-electron chi connectivity index (χ0n) is 20.5. The molecule has 1 fully saturated rings. The Labute approximate surface area is 196 Å². The average molecular weight is 445 g/mol. The van der Waals surface area contributed by atoms with Crippen LogP contribution in [0, 0.1) is 29.4 Å². The number of allylic oxidation sites excluding steroid dienone is 2. The molecule has 2 aliphatic rings. The number of rotatable bonds is 13. The molecule has 0 heterocycles. The molecule has 2 heteroatoms. The van der Waals surface area contributed by atoms with Gasteiger partial charge in [0.25, 0.3) is 0 Å². The second-order valence-corrected chi connectivity index (χ2v) is 10.8. The fourth-order valence-electron chi connectivity index (χ4n) is 5.93. The van der Waals surface area contributed by atoms with E-state index in [4.69, 9.17) is 0 Å². The first kappa shape index (κ1) is 25.4. The van der Waals surface area contributed by atoms with Gasteiger partial charge in [0, 0.05) is 0 Å². The van der Waals surface area contributed by atoms with E-state index >= 15 is 0 Å². The van der Waals surface area contributed by atoms with Crippen LogP contribution < -0.4 is 0 Å². The predicted molar refractivity (Wildman–Crippen MR) is 133 cm³/mol. The van der Waals surface area contributed by atoms with E-state index in [1.54, 1.807) is 6.07 Å². The van der Waals surface area contributed by atoms with Crippen molar-refractivity contribution in [2.24, 2.45) is 17.8 Å². The molecular weight excluding hydrogens is 398 g/mol. The minimum absolute atomic E-state index is 0.725. The molecule has 0 radical (unpaired) electrons. The Morgan fingerprint density at radius 2 is 1.41 bits per heavy atom. The van der Waals surface area contributed by atoms with Crippen LogP contribution in [0.2, 0.25) is 0 Å². The minimum atomic E-state index is -0.750. The van der Waals surface area contributed by atoms with Crippen LogP contribution >= 0.6 is 0 Å². The summed E-state index contributed by atoms with van der Waals surface area (Å²) in [6.07, 6.45) is 26.8. The van der Waals surface area contributed by atoms with Crippen LogP contribution in [0.5, 0.6) is 0 Å². The monoisotopic (exact) mass is 444 g/mol. The topological polar surface area (TPSA) is 0 Å². The number of benzene rings is 1. The molecule has 1 aromatic carbocycles. The molecule has 0 nitrogen and oxygen atoms in total. The molecule has 0 saturated heterocycles. The zero-order valence-corrected chi connectivity index (χ0v) is 20.5. The highest BCUT2D eigenvalue weighted by Crippen LogP contribution is 2.37. The first-order chi connectivity index (χ1) is 15.6. The molecule has 1 atom stereocenters. The molecule has 0 amide bonds. The van der Waals surface area contributed by atoms with Crippen molar-refractivity contribution in [2.75, 3.05) is 0 Å². The summed E-state index contributed by atoms with van der Waals surface area (Å²) in [7, 11) is 0. The lowest BCUT2D eigenvalue weighted by Crippen LogP contribution is -2.16. The van der Waals surface area contributed by atoms with Crippen molar-refractivity contribution in [3.05, 3.63) is 47.0 Å². The second-order valence-electron chi connectivity index (χ2n) is 10.8. The molecule has 2 aliphatic carbocycles. The number of hydrogen-bond donors (Lipinski definition) is 0. The number of aryl methyl sites for hydroxylation is 1. The third-order valence-corrected chi connectivity index (χ3v) is 8.25. The first-order valence-corrected chi connectivity index (χ1v) is 13.8. The van der Waals surface area contributed by atoms with E-state index in [0.717, 1.165) is 36.2 Å². The molecule has 1 saturated carbocycles. The maximum absolute atomic E-state index is 13.4. The van der Waals surface area contributed by atoms with E-state index in [0.29, 0.717) is 0 Å². The van der Waals surface area contributed by atoms with Gasteiger partial charge < -0.3 is 0 Å². The number of halogens is 2. The standard InChI is InChI=1S/C30H46F2/c1-2-3-4-5-6-7-8-24-9-11-25(12-10-24)13-14-26-15-17-27(18-16-26)19-20-28-21-22-29(31)30(32)23-28/h17,21-26H,2-16,18-20H2,1H3/t24-,25-,26?. The van der Waals surface area contributed by atoms with Crippen molar-refractivity contribution in [3.63, 3.8) is 0 Å². The molecule has 0 bridgehead atoms. The summed E-state index contributed by atoms with van der Waals surface area (Å²) in [5.41, 5.74) is 2.42. The van der Waals surface area contributed by atoms with Gasteiger partial charge in [-0.3, -0.25) is 0 Å². The van der Waals surface area contributed by atoms with Crippen molar-refractivity contribution >= 4 is 0 Å². The third-order valence-electron chi connectivity index (χ3n) is 8.25. The summed E-state index contributed by atoms with van der Waals surface area (Å²) >= 11 is 0. The van der Waals surface area contributed by atoms with Gasteiger partial charge in [0.15, 0.2) is 11.6 Å². The summed E-state index contributed by atoms with van der Waals surface area (Å²) in [6.45, 7) is 2.29. The molecule has 180 valence electrons. The van der Waals surface area contributed by atoms with Gasteiger partial charge in [-0.2, -0.15) is 0 Å². The largest absolute Gasteiger partial charge is 0.204 e. The summed E-state index contributed by atoms with van der Waals surface area (Å²) in [6, 6.07) is 4.31. The summed E-state index contributed by atoms with van der Waals surface area (Å²) in [5, 5.41) is 0. The zero-order chi connectivity index (χ0) is 22.6. The van der Waals surface area contributed by atoms with Gasteiger partial charge in [-0.15, -0.1) is 0 Å². The maximum Gasteiger partial charge on any atom is 0.159 e. The van der Waals surface area contributed by atoms with E-state index < -0.39 is 11.6 Å². The van der Waals surface area contributed by atoms with Gasteiger partial charge in [0.1, 0.15) is 0 Å². The fraction of sp³-hybridized carbons (Fsp3) is 0.733. The van der Waals surface area contributed by atoms with Gasteiger partial charge in [-0.25, -0.2) is 8.78 Å². The van der Waals surface area contributed by atoms with Gasteiger partial charge >= 0.3 is 0 Å². The number of unbranched alkanes of at least 4 members (excludes halogenated alkanes) is 5. The Bertz CT molecular complexity index is 684. The van der Waals surface area contributed by atoms with Crippen LogP contribution in [0.25, 0.3) is 0 Å². The minimum Gasteiger partial charge on any atom is -0.204 e. The van der Waals surface area contributed by atoms with Crippen LogP contribution in [-0.4, -0.2) is 0 Å². The third kappa shape index (κ3) is 8.99. The van der Waals surface area contributed by atoms with Crippen LogP contribution in [-0.2, 0) is 6.42 Å². The molecule has 1 aromatic rings. The van der Waals surface area contributed by atoms with Crippen molar-refractivity contribution in [3.8, 4) is 0 Å². The van der Waals surface area contributed by atoms with Crippen LogP contribution in [0.3, 0.4) is 0 Å². The molecule has 1 unspecified atom stereocenters. The Hall–Kier alpha value is -1.18. The quantitative estimate of drug-likeness (QED) is 0.210. The van der Waals surface area contributed by atoms with Crippen molar-refractivity contribution in [1.82, 2.24) is 0 Å². The van der Waals surface area contributed by atoms with Crippen molar-refractivity contribution < 1.29 is 8.78 Å². The van der Waals surface area contributed by atoms with Gasteiger partial charge in [0.05, 0.1) is 0 Å².